The lowest BCUT2D eigenvalue weighted by Gasteiger charge is -2.06. The molecule has 8 heteroatoms. The highest BCUT2D eigenvalue weighted by Gasteiger charge is 2.12. The van der Waals surface area contributed by atoms with Crippen molar-refractivity contribution in [3.63, 3.8) is 0 Å². The fourth-order valence-electron chi connectivity index (χ4n) is 1.08. The van der Waals surface area contributed by atoms with Crippen LogP contribution >= 0.6 is 11.8 Å². The van der Waals surface area contributed by atoms with Gasteiger partial charge in [0, 0.05) is 16.3 Å². The van der Waals surface area contributed by atoms with E-state index in [0.717, 1.165) is 4.90 Å². The first-order valence-corrected chi connectivity index (χ1v) is 7.32. The number of anilines is 1. The summed E-state index contributed by atoms with van der Waals surface area (Å²) in [6.45, 7) is 0. The number of carbonyl (C=O) groups excluding carboxylic acids is 1. The van der Waals surface area contributed by atoms with Gasteiger partial charge in [-0.3, -0.25) is 0 Å². The van der Waals surface area contributed by atoms with Crippen LogP contribution in [0.1, 0.15) is 0 Å². The summed E-state index contributed by atoms with van der Waals surface area (Å²) < 4.78 is 24.2. The van der Waals surface area contributed by atoms with E-state index >= 15 is 0 Å². The molecule has 1 rings (SSSR count). The summed E-state index contributed by atoms with van der Waals surface area (Å²) >= 11 is 1.30. The second-order valence-corrected chi connectivity index (χ2v) is 6.15. The number of nitrogens with two attached hydrogens (primary N) is 2. The summed E-state index contributed by atoms with van der Waals surface area (Å²) in [4.78, 5) is 11.2. The monoisotopic (exact) mass is 275 g/mol. The second kappa shape index (κ2) is 5.78. The van der Waals surface area contributed by atoms with E-state index in [1.807, 2.05) is 6.07 Å². The molecule has 0 unspecified atom stereocenters. The van der Waals surface area contributed by atoms with Crippen molar-refractivity contribution in [3.05, 3.63) is 24.3 Å². The van der Waals surface area contributed by atoms with Gasteiger partial charge in [0.15, 0.2) is 0 Å². The van der Waals surface area contributed by atoms with Gasteiger partial charge in [-0.1, -0.05) is 12.1 Å². The Labute approximate surface area is 104 Å². The molecule has 0 radical (unpaired) electrons. The molecule has 0 aliphatic rings. The predicted octanol–water partition coefficient (Wildman–Crippen LogP) is 0.359. The zero-order chi connectivity index (χ0) is 12.9. The maximum Gasteiger partial charge on any atom is 0.325 e. The number of amides is 2. The molecule has 0 heterocycles. The number of thioether (sulfide) groups is 1. The third-order valence-electron chi connectivity index (χ3n) is 1.78. The molecule has 94 valence electrons. The molecule has 6 nitrogen and oxygen atoms in total. The maximum absolute atomic E-state index is 11.3. The molecule has 1 aromatic rings. The topological polar surface area (TPSA) is 115 Å². The standard InChI is InChI=1S/C9H13N3O3S2/c10-7-3-1-2-4-8(7)16-5-6-17(14,15)12-9(11)13/h1-4H,5-6,10H2,(H3,11,12,13). The van der Waals surface area contributed by atoms with Crippen LogP contribution in [0.5, 0.6) is 0 Å². The van der Waals surface area contributed by atoms with Crippen molar-refractivity contribution in [2.75, 3.05) is 17.2 Å². The summed E-state index contributed by atoms with van der Waals surface area (Å²) in [5, 5.41) is 0. The molecule has 2 amide bonds. The van der Waals surface area contributed by atoms with Gasteiger partial charge in [-0.15, -0.1) is 11.8 Å². The van der Waals surface area contributed by atoms with Gasteiger partial charge in [0.2, 0.25) is 10.0 Å². The average molecular weight is 275 g/mol. The zero-order valence-electron chi connectivity index (χ0n) is 8.92. The van der Waals surface area contributed by atoms with Crippen LogP contribution < -0.4 is 16.2 Å². The highest BCUT2D eigenvalue weighted by molar-refractivity contribution is 8.00. The number of nitrogens with one attached hydrogen (secondary N) is 1. The van der Waals surface area contributed by atoms with Gasteiger partial charge in [-0.05, 0) is 12.1 Å². The van der Waals surface area contributed by atoms with E-state index < -0.39 is 16.1 Å². The van der Waals surface area contributed by atoms with E-state index in [-0.39, 0.29) is 11.5 Å². The third-order valence-corrected chi connectivity index (χ3v) is 4.39. The van der Waals surface area contributed by atoms with E-state index in [2.05, 4.69) is 0 Å². The first kappa shape index (κ1) is 13.7. The number of nitrogen functional groups attached to an aromatic ring is 1. The molecule has 0 aliphatic heterocycles. The minimum absolute atomic E-state index is 0.199. The first-order valence-electron chi connectivity index (χ1n) is 4.68. The Balaban J connectivity index is 2.48. The average Bonchev–Trinajstić information content (AvgIpc) is 2.18. The molecule has 0 saturated carbocycles. The highest BCUT2D eigenvalue weighted by atomic mass is 32.2. The lowest BCUT2D eigenvalue weighted by Crippen LogP contribution is -2.37. The highest BCUT2D eigenvalue weighted by Crippen LogP contribution is 2.24. The number of rotatable bonds is 5. The SMILES string of the molecule is NC(=O)NS(=O)(=O)CCSc1ccccc1N. The number of hydrogen-bond donors (Lipinski definition) is 3. The van der Waals surface area contributed by atoms with Crippen LogP contribution in [0.4, 0.5) is 10.5 Å². The molecule has 0 aromatic heterocycles. The van der Waals surface area contributed by atoms with Crippen molar-refractivity contribution in [2.24, 2.45) is 5.73 Å². The van der Waals surface area contributed by atoms with Crippen LogP contribution in [0.2, 0.25) is 0 Å². The van der Waals surface area contributed by atoms with Crippen molar-refractivity contribution in [2.45, 2.75) is 4.90 Å². The molecule has 0 saturated heterocycles. The number of primary amides is 1. The number of sulfonamides is 1. The second-order valence-electron chi connectivity index (χ2n) is 3.17. The van der Waals surface area contributed by atoms with Gasteiger partial charge in [0.05, 0.1) is 5.75 Å². The zero-order valence-corrected chi connectivity index (χ0v) is 10.6. The van der Waals surface area contributed by atoms with E-state index in [4.69, 9.17) is 11.5 Å². The normalized spacial score (nSPS) is 11.1. The van der Waals surface area contributed by atoms with Crippen molar-refractivity contribution in [3.8, 4) is 0 Å². The van der Waals surface area contributed by atoms with Gasteiger partial charge in [-0.25, -0.2) is 17.9 Å². The third kappa shape index (κ3) is 4.96. The maximum atomic E-state index is 11.3. The minimum Gasteiger partial charge on any atom is -0.398 e. The number of benzene rings is 1. The van der Waals surface area contributed by atoms with Gasteiger partial charge < -0.3 is 11.5 Å². The molecular weight excluding hydrogens is 262 g/mol. The summed E-state index contributed by atoms with van der Waals surface area (Å²) in [6.07, 6.45) is 0. The first-order chi connectivity index (χ1) is 7.91. The Morgan fingerprint density at radius 1 is 1.35 bits per heavy atom. The molecule has 0 spiro atoms. The van der Waals surface area contributed by atoms with E-state index in [1.165, 1.54) is 11.8 Å². The van der Waals surface area contributed by atoms with Crippen LogP contribution in [-0.4, -0.2) is 26.0 Å². The Morgan fingerprint density at radius 2 is 2.00 bits per heavy atom. The minimum atomic E-state index is -3.65. The molecule has 17 heavy (non-hydrogen) atoms. The number of carbonyl (C=O) groups is 1. The van der Waals surface area contributed by atoms with Crippen molar-refractivity contribution in [1.29, 1.82) is 0 Å². The molecule has 0 bridgehead atoms. The lowest BCUT2D eigenvalue weighted by molar-refractivity contribution is 0.253. The van der Waals surface area contributed by atoms with Crippen molar-refractivity contribution >= 4 is 33.5 Å². The number of para-hydroxylation sites is 1. The summed E-state index contributed by atoms with van der Waals surface area (Å²) in [7, 11) is -3.65. The molecule has 0 aliphatic carbocycles. The Kier molecular flexibility index (Phi) is 4.64. The summed E-state index contributed by atoms with van der Waals surface area (Å²) in [5.41, 5.74) is 11.0. The van der Waals surface area contributed by atoms with E-state index in [1.54, 1.807) is 22.9 Å². The fourth-order valence-corrected chi connectivity index (χ4v) is 3.33. The van der Waals surface area contributed by atoms with Gasteiger partial charge in [0.1, 0.15) is 0 Å². The van der Waals surface area contributed by atoms with Crippen LogP contribution in [-0.2, 0) is 10.0 Å². The molecule has 0 fully saturated rings. The predicted molar refractivity (Wildman–Crippen MR) is 68.1 cm³/mol. The van der Waals surface area contributed by atoms with Crippen molar-refractivity contribution in [1.82, 2.24) is 4.72 Å². The molecule has 0 atom stereocenters. The van der Waals surface area contributed by atoms with Crippen molar-refractivity contribution < 1.29 is 13.2 Å². The molecule has 5 N–H and O–H groups in total. The molecular formula is C9H13N3O3S2. The van der Waals surface area contributed by atoms with Gasteiger partial charge in [-0.2, -0.15) is 0 Å². The summed E-state index contributed by atoms with van der Waals surface area (Å²) in [6, 6.07) is 6.07. The quantitative estimate of drug-likeness (QED) is 0.530. The number of urea groups is 1. The van der Waals surface area contributed by atoms with E-state index in [0.29, 0.717) is 5.69 Å². The van der Waals surface area contributed by atoms with Gasteiger partial charge in [0.25, 0.3) is 0 Å². The molecule has 1 aromatic carbocycles. The van der Waals surface area contributed by atoms with Crippen LogP contribution in [0.25, 0.3) is 0 Å². The largest absolute Gasteiger partial charge is 0.398 e. The Bertz CT molecular complexity index is 502. The van der Waals surface area contributed by atoms with Crippen LogP contribution in [0.3, 0.4) is 0 Å². The number of hydrogen-bond acceptors (Lipinski definition) is 5. The smallest absolute Gasteiger partial charge is 0.325 e. The van der Waals surface area contributed by atoms with E-state index in [9.17, 15) is 13.2 Å². The fraction of sp³-hybridized carbons (Fsp3) is 0.222. The van der Waals surface area contributed by atoms with Gasteiger partial charge >= 0.3 is 6.03 Å². The summed E-state index contributed by atoms with van der Waals surface area (Å²) in [5.74, 6) is 0.0891. The van der Waals surface area contributed by atoms with Crippen LogP contribution in [0, 0.1) is 0 Å². The Hall–Kier alpha value is -1.41. The lowest BCUT2D eigenvalue weighted by atomic mass is 10.3. The van der Waals surface area contributed by atoms with Crippen LogP contribution in [0.15, 0.2) is 29.2 Å². The Morgan fingerprint density at radius 3 is 2.59 bits per heavy atom.